The van der Waals surface area contributed by atoms with Crippen molar-refractivity contribution in [3.63, 3.8) is 0 Å². The Morgan fingerprint density at radius 3 is 0.875 bits per heavy atom. The van der Waals surface area contributed by atoms with Gasteiger partial charge in [0, 0.05) is 82.9 Å². The lowest BCUT2D eigenvalue weighted by Crippen LogP contribution is -2.18. The van der Waals surface area contributed by atoms with Crippen LogP contribution >= 0.6 is 0 Å². The van der Waals surface area contributed by atoms with Crippen molar-refractivity contribution in [1.82, 2.24) is 0 Å². The Morgan fingerprint density at radius 2 is 0.625 bits per heavy atom. The van der Waals surface area contributed by atoms with E-state index in [0.717, 1.165) is 120 Å². The number of Topliss-reactive ketones (excluding diaryl/α,β-unsaturated/α-hetero) is 5. The van der Waals surface area contributed by atoms with Crippen molar-refractivity contribution in [1.29, 1.82) is 0 Å². The van der Waals surface area contributed by atoms with E-state index in [9.17, 15) is 47.9 Å². The van der Waals surface area contributed by atoms with E-state index in [1.165, 1.54) is 86.9 Å². The number of ketones is 5. The number of unbranched alkanes of at least 4 members (excludes halogenated alkanes) is 10. The fourth-order valence-corrected chi connectivity index (χ4v) is 12.2. The largest absolute Gasteiger partial charge is 0.469 e. The molecule has 4 fully saturated rings. The van der Waals surface area contributed by atoms with Gasteiger partial charge in [0.1, 0.15) is 23.1 Å². The lowest BCUT2D eigenvalue weighted by atomic mass is 9.88. The molecule has 0 radical (unpaired) electrons. The molecule has 15 nitrogen and oxygen atoms in total. The number of ether oxygens (including phenoxy) is 5. The van der Waals surface area contributed by atoms with E-state index < -0.39 is 0 Å². The quantitative estimate of drug-likeness (QED) is 0.0371. The monoisotopic (exact) mass is 1130 g/mol. The predicted octanol–water partition coefficient (Wildman–Crippen LogP) is 13.9. The summed E-state index contributed by atoms with van der Waals surface area (Å²) in [6.45, 7) is 10.8. The van der Waals surface area contributed by atoms with Gasteiger partial charge in [0.2, 0.25) is 0 Å². The predicted molar refractivity (Wildman–Crippen MR) is 312 cm³/mol. The van der Waals surface area contributed by atoms with Gasteiger partial charge in [0.05, 0.1) is 42.0 Å². The summed E-state index contributed by atoms with van der Waals surface area (Å²) in [5, 5.41) is 0. The lowest BCUT2D eigenvalue weighted by Gasteiger charge is -2.16. The van der Waals surface area contributed by atoms with Crippen molar-refractivity contribution >= 4 is 58.8 Å². The van der Waals surface area contributed by atoms with Crippen molar-refractivity contribution in [2.45, 2.75) is 259 Å². The number of carbonyl (C=O) groups excluding carboxylic acids is 10. The van der Waals surface area contributed by atoms with Gasteiger partial charge in [-0.2, -0.15) is 0 Å². The summed E-state index contributed by atoms with van der Waals surface area (Å²) in [6, 6.07) is 0. The molecule has 5 aliphatic carbocycles. The minimum Gasteiger partial charge on any atom is -0.469 e. The Kier molecular flexibility index (Phi) is 40.5. The maximum atomic E-state index is 11.7. The molecule has 0 heterocycles. The van der Waals surface area contributed by atoms with E-state index >= 15 is 0 Å². The van der Waals surface area contributed by atoms with E-state index in [2.05, 4.69) is 58.3 Å². The number of hydrogen-bond donors (Lipinski definition) is 0. The highest BCUT2D eigenvalue weighted by molar-refractivity contribution is 5.99. The van der Waals surface area contributed by atoms with Gasteiger partial charge in [-0.25, -0.2) is 0 Å². The van der Waals surface area contributed by atoms with Crippen LogP contribution in [0.15, 0.2) is 11.1 Å². The average molecular weight is 1130 g/mol. The van der Waals surface area contributed by atoms with Gasteiger partial charge in [-0.05, 0) is 99.9 Å². The zero-order valence-corrected chi connectivity index (χ0v) is 51.5. The van der Waals surface area contributed by atoms with Gasteiger partial charge in [-0.1, -0.05) is 130 Å². The van der Waals surface area contributed by atoms with Gasteiger partial charge >= 0.3 is 29.8 Å². The average Bonchev–Trinajstić information content (AvgIpc) is 4.27. The molecule has 0 bridgehead atoms. The molecule has 15 heteroatoms. The molecule has 80 heavy (non-hydrogen) atoms. The number of esters is 5. The van der Waals surface area contributed by atoms with Gasteiger partial charge in [-0.15, -0.1) is 0 Å². The third kappa shape index (κ3) is 28.9. The molecule has 4 saturated carbocycles. The second kappa shape index (κ2) is 44.1. The summed E-state index contributed by atoms with van der Waals surface area (Å²) < 4.78 is 23.3. The normalized spacial score (nSPS) is 22.9. The molecule has 0 saturated heterocycles. The Morgan fingerprint density at radius 1 is 0.362 bits per heavy atom. The molecule has 0 spiro atoms. The van der Waals surface area contributed by atoms with E-state index in [0.29, 0.717) is 87.3 Å². The van der Waals surface area contributed by atoms with Crippen molar-refractivity contribution < 1.29 is 73.1 Å². The number of allylic oxidation sites excluding steroid dienone is 1. The van der Waals surface area contributed by atoms with Gasteiger partial charge in [0.15, 0.2) is 5.78 Å². The van der Waals surface area contributed by atoms with Crippen LogP contribution in [0.4, 0.5) is 0 Å². The Balaban J connectivity index is 0.000000985. The first kappa shape index (κ1) is 73.5. The standard InChI is InChI=1S/4C13H22O3.C13H20O3.H2/c5*1-3-4-5-6-11-10(7-8-12(11)14)9-13(15)16-2;/h4*10-11H,3-9H2,1-2H3;3-9H2,1-2H3;1H/t2*10-,11+;2*10-,11-;;/m1010../s1. The number of hydrogen-bond acceptors (Lipinski definition) is 15. The maximum Gasteiger partial charge on any atom is 0.309 e. The van der Waals surface area contributed by atoms with E-state index in [1.54, 1.807) is 0 Å². The number of methoxy groups -OCH3 is 5. The Hall–Kier alpha value is -4.56. The first-order valence-corrected chi connectivity index (χ1v) is 31.1. The van der Waals surface area contributed by atoms with Gasteiger partial charge in [0.25, 0.3) is 0 Å². The summed E-state index contributed by atoms with van der Waals surface area (Å²) in [4.78, 5) is 114. The molecule has 0 aromatic rings. The molecule has 0 aromatic heterocycles. The van der Waals surface area contributed by atoms with Crippen LogP contribution in [-0.2, 0) is 71.6 Å². The Bertz CT molecular complexity index is 1720. The third-order valence-electron chi connectivity index (χ3n) is 17.1. The summed E-state index contributed by atoms with van der Waals surface area (Å²) >= 11 is 0. The smallest absolute Gasteiger partial charge is 0.309 e. The van der Waals surface area contributed by atoms with Crippen LogP contribution in [0.25, 0.3) is 0 Å². The molecule has 0 unspecified atom stereocenters. The second-order valence-electron chi connectivity index (χ2n) is 22.8. The van der Waals surface area contributed by atoms with Crippen LogP contribution in [0.5, 0.6) is 0 Å². The zero-order valence-electron chi connectivity index (χ0n) is 51.5. The van der Waals surface area contributed by atoms with Crippen LogP contribution in [-0.4, -0.2) is 94.3 Å². The highest BCUT2D eigenvalue weighted by atomic mass is 16.5. The van der Waals surface area contributed by atoms with Crippen molar-refractivity contribution in [3.8, 4) is 0 Å². The molecule has 0 aliphatic heterocycles. The molecular formula is C65H110O15. The SMILES string of the molecule is CCCCCC1=C(CC(=O)OC)CCC1=O.CCCCC[C@@H]1C(=O)CC[C@@H]1CC(=O)OC.CCCCC[C@@H]1C(=O)CC[C@H]1CC(=O)OC.CCCCC[C@H]1C(=O)CC[C@@H]1CC(=O)OC.CCCCC[C@H]1C(=O)CC[C@H]1CC(=O)OC.[HH]. The topological polar surface area (TPSA) is 217 Å². The fourth-order valence-electron chi connectivity index (χ4n) is 12.2. The maximum absolute atomic E-state index is 11.7. The minimum absolute atomic E-state index is 0. The number of rotatable bonds is 30. The van der Waals surface area contributed by atoms with Crippen molar-refractivity contribution in [2.75, 3.05) is 35.5 Å². The molecule has 460 valence electrons. The number of carbonyl (C=O) groups is 10. The van der Waals surface area contributed by atoms with Gasteiger partial charge < -0.3 is 23.7 Å². The molecular weight excluding hydrogens is 1020 g/mol. The Labute approximate surface area is 483 Å². The van der Waals surface area contributed by atoms with Crippen molar-refractivity contribution in [2.24, 2.45) is 47.3 Å². The highest BCUT2D eigenvalue weighted by Crippen LogP contribution is 2.38. The van der Waals surface area contributed by atoms with Crippen LogP contribution < -0.4 is 0 Å². The summed E-state index contributed by atoms with van der Waals surface area (Å²) in [5.74, 6) is 2.08. The molecule has 0 aromatic carbocycles. The van der Waals surface area contributed by atoms with E-state index in [-0.39, 0.29) is 84.4 Å². The van der Waals surface area contributed by atoms with Gasteiger partial charge in [-0.3, -0.25) is 47.9 Å². The summed E-state index contributed by atoms with van der Waals surface area (Å²) in [7, 11) is 7.02. The minimum atomic E-state index is -0.238. The van der Waals surface area contributed by atoms with Crippen LogP contribution in [0.2, 0.25) is 0 Å². The van der Waals surface area contributed by atoms with Crippen LogP contribution in [0.1, 0.15) is 261 Å². The van der Waals surface area contributed by atoms with E-state index in [1.807, 2.05) is 0 Å². The molecule has 5 aliphatic rings. The summed E-state index contributed by atoms with van der Waals surface area (Å²) in [6.07, 6.45) is 31.1. The highest BCUT2D eigenvalue weighted by Gasteiger charge is 2.38. The fraction of sp³-hybridized carbons (Fsp3) is 0.815. The second-order valence-corrected chi connectivity index (χ2v) is 22.8. The lowest BCUT2D eigenvalue weighted by molar-refractivity contribution is -0.143. The molecule has 0 N–H and O–H groups in total. The molecule has 5 rings (SSSR count). The van der Waals surface area contributed by atoms with Crippen molar-refractivity contribution in [3.05, 3.63) is 11.1 Å². The third-order valence-corrected chi connectivity index (χ3v) is 17.1. The first-order chi connectivity index (χ1) is 38.4. The zero-order chi connectivity index (χ0) is 59.8. The van der Waals surface area contributed by atoms with Crippen LogP contribution in [0, 0.1) is 47.3 Å². The summed E-state index contributed by atoms with van der Waals surface area (Å²) in [5.41, 5.74) is 1.91. The first-order valence-electron chi connectivity index (χ1n) is 31.1. The van der Waals surface area contributed by atoms with Crippen LogP contribution in [0.3, 0.4) is 0 Å². The van der Waals surface area contributed by atoms with E-state index in [4.69, 9.17) is 0 Å². The molecule has 8 atom stereocenters. The molecule has 0 amide bonds.